The number of piperidine rings is 1. The number of H-pyrrole nitrogens is 1. The third-order valence-corrected chi connectivity index (χ3v) is 8.98. The predicted molar refractivity (Wildman–Crippen MR) is 155 cm³/mol. The van der Waals surface area contributed by atoms with Crippen LogP contribution in [-0.2, 0) is 10.3 Å². The highest BCUT2D eigenvalue weighted by Gasteiger charge is 2.36. The highest BCUT2D eigenvalue weighted by atomic mass is 35.5. The van der Waals surface area contributed by atoms with E-state index in [-0.39, 0.29) is 51.7 Å². The second-order valence-corrected chi connectivity index (χ2v) is 12.0. The molecule has 0 aliphatic carbocycles. The van der Waals surface area contributed by atoms with Gasteiger partial charge in [-0.05, 0) is 39.7 Å². The molecule has 0 radical (unpaired) electrons. The minimum Gasteiger partial charge on any atom is -0.462 e. The zero-order chi connectivity index (χ0) is 29.2. The number of halogens is 3. The van der Waals surface area contributed by atoms with Crippen molar-refractivity contribution in [2.24, 2.45) is 5.92 Å². The van der Waals surface area contributed by atoms with E-state index in [1.54, 1.807) is 18.7 Å². The number of nitrogens with zero attached hydrogens (tertiary/aromatic N) is 2. The van der Waals surface area contributed by atoms with Gasteiger partial charge < -0.3 is 19.9 Å². The Balaban J connectivity index is 1.50. The van der Waals surface area contributed by atoms with E-state index in [2.05, 4.69) is 15.3 Å². The largest absolute Gasteiger partial charge is 0.462 e. The van der Waals surface area contributed by atoms with Crippen LogP contribution in [0.5, 0.6) is 0 Å². The standard InChI is InChI=1S/C28H31Cl2FN4O4S/c1-5-39-26(38)24-23(25(37)34-28(3,4)17-9-7-6-8-10-17)33-27(40-24)35-12-11-16(18(31)14-35)13-19(36)22-21(30)20(29)15(2)32-22/h6-10,16,18,32H,5,11-14H2,1-4H3,(H,34,37)/t16-,18-/m0/s1. The summed E-state index contributed by atoms with van der Waals surface area (Å²) in [6.45, 7) is 7.57. The van der Waals surface area contributed by atoms with Crippen molar-refractivity contribution in [3.63, 3.8) is 0 Å². The Kier molecular flexibility index (Phi) is 9.22. The first-order valence-corrected chi connectivity index (χ1v) is 14.5. The number of carbonyl (C=O) groups is 3. The summed E-state index contributed by atoms with van der Waals surface area (Å²) in [7, 11) is 0. The number of aromatic nitrogens is 2. The third-order valence-electron chi connectivity index (χ3n) is 6.94. The van der Waals surface area contributed by atoms with Gasteiger partial charge in [0, 0.05) is 24.6 Å². The van der Waals surface area contributed by atoms with E-state index in [1.165, 1.54) is 0 Å². The van der Waals surface area contributed by atoms with Crippen molar-refractivity contribution in [2.75, 3.05) is 24.6 Å². The van der Waals surface area contributed by atoms with Crippen molar-refractivity contribution in [2.45, 2.75) is 52.2 Å². The van der Waals surface area contributed by atoms with Crippen molar-refractivity contribution in [3.8, 4) is 0 Å². The van der Waals surface area contributed by atoms with Gasteiger partial charge in [0.25, 0.3) is 5.91 Å². The lowest BCUT2D eigenvalue weighted by molar-refractivity contribution is 0.0527. The maximum Gasteiger partial charge on any atom is 0.350 e. The molecule has 1 aliphatic heterocycles. The average molecular weight is 610 g/mol. The summed E-state index contributed by atoms with van der Waals surface area (Å²) in [5.41, 5.74) is 0.838. The van der Waals surface area contributed by atoms with E-state index in [9.17, 15) is 14.4 Å². The van der Waals surface area contributed by atoms with Crippen LogP contribution in [0.1, 0.15) is 75.5 Å². The molecule has 3 heterocycles. The molecule has 4 rings (SSSR count). The number of hydrogen-bond donors (Lipinski definition) is 2. The molecular weight excluding hydrogens is 578 g/mol. The van der Waals surface area contributed by atoms with Crippen LogP contribution in [0.2, 0.25) is 10.0 Å². The zero-order valence-electron chi connectivity index (χ0n) is 22.6. The maximum absolute atomic E-state index is 15.3. The summed E-state index contributed by atoms with van der Waals surface area (Å²) >= 11 is 13.2. The Morgan fingerprint density at radius 2 is 1.93 bits per heavy atom. The minimum atomic E-state index is -1.34. The lowest BCUT2D eigenvalue weighted by atomic mass is 9.89. The molecule has 3 aromatic rings. The normalized spacial score (nSPS) is 17.5. The van der Waals surface area contributed by atoms with Gasteiger partial charge in [-0.3, -0.25) is 9.59 Å². The molecular formula is C28H31Cl2FN4O4S. The number of rotatable bonds is 9. The van der Waals surface area contributed by atoms with Crippen molar-refractivity contribution >= 4 is 57.3 Å². The summed E-state index contributed by atoms with van der Waals surface area (Å²) in [5.74, 6) is -2.03. The van der Waals surface area contributed by atoms with E-state index >= 15 is 4.39 Å². The van der Waals surface area contributed by atoms with Crippen molar-refractivity contribution in [1.29, 1.82) is 0 Å². The second-order valence-electron chi connectivity index (χ2n) is 10.2. The molecule has 12 heteroatoms. The topological polar surface area (TPSA) is 104 Å². The molecule has 2 aromatic heterocycles. The van der Waals surface area contributed by atoms with Gasteiger partial charge in [0.15, 0.2) is 16.6 Å². The fourth-order valence-electron chi connectivity index (χ4n) is 4.66. The van der Waals surface area contributed by atoms with Crippen LogP contribution in [0, 0.1) is 12.8 Å². The van der Waals surface area contributed by atoms with Crippen LogP contribution >= 0.6 is 34.5 Å². The predicted octanol–water partition coefficient (Wildman–Crippen LogP) is 6.37. The molecule has 214 valence electrons. The molecule has 8 nitrogen and oxygen atoms in total. The number of thiazole rings is 1. The molecule has 40 heavy (non-hydrogen) atoms. The van der Waals surface area contributed by atoms with Gasteiger partial charge in [-0.1, -0.05) is 64.9 Å². The van der Waals surface area contributed by atoms with E-state index in [1.807, 2.05) is 44.2 Å². The summed E-state index contributed by atoms with van der Waals surface area (Å²) in [6, 6.07) is 9.43. The highest BCUT2D eigenvalue weighted by molar-refractivity contribution is 7.17. The minimum absolute atomic E-state index is 0.0286. The monoisotopic (exact) mass is 608 g/mol. The number of alkyl halides is 1. The SMILES string of the molecule is CCOC(=O)c1sc(N2CC[C@@H](CC(=O)c3[nH]c(C)c(Cl)c3Cl)[C@@H](F)C2)nc1C(=O)NC(C)(C)c1ccccc1. The van der Waals surface area contributed by atoms with Crippen molar-refractivity contribution in [1.82, 2.24) is 15.3 Å². The molecule has 0 unspecified atom stereocenters. The first-order valence-electron chi connectivity index (χ1n) is 12.9. The van der Waals surface area contributed by atoms with Crippen LogP contribution in [0.15, 0.2) is 30.3 Å². The van der Waals surface area contributed by atoms with Crippen molar-refractivity contribution < 1.29 is 23.5 Å². The number of esters is 1. The van der Waals surface area contributed by atoms with E-state index in [4.69, 9.17) is 27.9 Å². The molecule has 1 aromatic carbocycles. The molecule has 0 spiro atoms. The summed E-state index contributed by atoms with van der Waals surface area (Å²) < 4.78 is 20.5. The number of amides is 1. The molecule has 2 atom stereocenters. The molecule has 1 aliphatic rings. The Hall–Kier alpha value is -2.95. The van der Waals surface area contributed by atoms with E-state index in [0.717, 1.165) is 16.9 Å². The Morgan fingerprint density at radius 3 is 2.52 bits per heavy atom. The molecule has 1 amide bonds. The highest BCUT2D eigenvalue weighted by Crippen LogP contribution is 2.35. The van der Waals surface area contributed by atoms with Gasteiger partial charge in [-0.15, -0.1) is 0 Å². The van der Waals surface area contributed by atoms with E-state index in [0.29, 0.717) is 23.8 Å². The first kappa shape index (κ1) is 30.0. The lowest BCUT2D eigenvalue weighted by Gasteiger charge is -2.34. The van der Waals surface area contributed by atoms with Gasteiger partial charge in [0.2, 0.25) is 0 Å². The zero-order valence-corrected chi connectivity index (χ0v) is 25.0. The number of ether oxygens (including phenoxy) is 1. The Labute approximate surface area is 246 Å². The lowest BCUT2D eigenvalue weighted by Crippen LogP contribution is -2.43. The Bertz CT molecular complexity index is 1410. The van der Waals surface area contributed by atoms with E-state index < -0.39 is 29.5 Å². The van der Waals surface area contributed by atoms with Crippen molar-refractivity contribution in [3.05, 3.63) is 67.9 Å². The fraction of sp³-hybridized carbons (Fsp3) is 0.429. The van der Waals surface area contributed by atoms with Crippen LogP contribution in [-0.4, -0.2) is 53.5 Å². The summed E-state index contributed by atoms with van der Waals surface area (Å²) in [6.07, 6.45) is -0.999. The molecule has 0 saturated carbocycles. The fourth-order valence-corrected chi connectivity index (χ4v) is 6.09. The molecule has 0 bridgehead atoms. The first-order chi connectivity index (χ1) is 18.9. The second kappa shape index (κ2) is 12.3. The number of anilines is 1. The number of nitrogens with one attached hydrogen (secondary N) is 2. The van der Waals surface area contributed by atoms with Gasteiger partial charge in [-0.25, -0.2) is 14.2 Å². The van der Waals surface area contributed by atoms with Gasteiger partial charge in [0.1, 0.15) is 16.7 Å². The smallest absolute Gasteiger partial charge is 0.350 e. The summed E-state index contributed by atoms with van der Waals surface area (Å²) in [5, 5.41) is 3.72. The number of benzene rings is 1. The molecule has 1 fully saturated rings. The van der Waals surface area contributed by atoms with Gasteiger partial charge >= 0.3 is 5.97 Å². The molecule has 2 N–H and O–H groups in total. The molecule has 1 saturated heterocycles. The number of ketones is 1. The Morgan fingerprint density at radius 1 is 1.23 bits per heavy atom. The van der Waals surface area contributed by atoms with Gasteiger partial charge in [-0.2, -0.15) is 0 Å². The van der Waals surface area contributed by atoms with Gasteiger partial charge in [0.05, 0.1) is 28.7 Å². The number of aromatic amines is 1. The number of aryl methyl sites for hydroxylation is 1. The maximum atomic E-state index is 15.3. The van der Waals surface area contributed by atoms with Crippen LogP contribution in [0.4, 0.5) is 9.52 Å². The van der Waals surface area contributed by atoms with Crippen LogP contribution in [0.25, 0.3) is 0 Å². The summed E-state index contributed by atoms with van der Waals surface area (Å²) in [4.78, 5) is 48.0. The third kappa shape index (κ3) is 6.34. The van der Waals surface area contributed by atoms with Crippen LogP contribution < -0.4 is 10.2 Å². The van der Waals surface area contributed by atoms with Crippen LogP contribution in [0.3, 0.4) is 0 Å². The number of carbonyl (C=O) groups excluding carboxylic acids is 3. The average Bonchev–Trinajstić information content (AvgIpc) is 3.48. The number of hydrogen-bond acceptors (Lipinski definition) is 7. The number of Topliss-reactive ketones (excluding diaryl/α,β-unsaturated/α-hetero) is 1. The quantitative estimate of drug-likeness (QED) is 0.216.